The number of nitrogens with two attached hydrogens (primary N) is 1. The highest BCUT2D eigenvalue weighted by molar-refractivity contribution is 5.41. The standard InChI is InChI=1S/C11H10N4O3/c1-7-13-10(12)6-11(14-7)18-9-4-2-3-8(5-9)15(16)17/h2-6H,1H3,(H2,12,13,14). The number of aryl methyl sites for hydroxylation is 1. The Morgan fingerprint density at radius 2 is 2.11 bits per heavy atom. The van der Waals surface area contributed by atoms with Gasteiger partial charge in [-0.2, -0.15) is 4.98 Å². The molecule has 0 aliphatic heterocycles. The molecule has 0 spiro atoms. The topological polar surface area (TPSA) is 104 Å². The number of benzene rings is 1. The van der Waals surface area contributed by atoms with Crippen LogP contribution in [-0.4, -0.2) is 14.9 Å². The molecule has 0 fully saturated rings. The van der Waals surface area contributed by atoms with E-state index in [-0.39, 0.29) is 17.4 Å². The number of hydrogen-bond acceptors (Lipinski definition) is 6. The molecule has 0 saturated carbocycles. The van der Waals surface area contributed by atoms with E-state index in [9.17, 15) is 10.1 Å². The Morgan fingerprint density at radius 3 is 2.78 bits per heavy atom. The predicted molar refractivity (Wildman–Crippen MR) is 64.4 cm³/mol. The maximum absolute atomic E-state index is 10.6. The molecule has 0 unspecified atom stereocenters. The fourth-order valence-corrected chi connectivity index (χ4v) is 1.40. The molecule has 0 aliphatic rings. The average Bonchev–Trinajstić information content (AvgIpc) is 2.27. The summed E-state index contributed by atoms with van der Waals surface area (Å²) < 4.78 is 5.40. The third kappa shape index (κ3) is 2.70. The minimum Gasteiger partial charge on any atom is -0.439 e. The first-order chi connectivity index (χ1) is 8.54. The summed E-state index contributed by atoms with van der Waals surface area (Å²) in [5.41, 5.74) is 5.50. The first-order valence-corrected chi connectivity index (χ1v) is 5.08. The van der Waals surface area contributed by atoms with E-state index in [1.165, 1.54) is 24.3 Å². The van der Waals surface area contributed by atoms with Gasteiger partial charge in [0, 0.05) is 12.1 Å². The summed E-state index contributed by atoms with van der Waals surface area (Å²) in [5.74, 6) is 1.32. The van der Waals surface area contributed by atoms with Gasteiger partial charge in [-0.15, -0.1) is 0 Å². The maximum Gasteiger partial charge on any atom is 0.273 e. The Bertz CT molecular complexity index is 580. The van der Waals surface area contributed by atoms with Gasteiger partial charge in [-0.3, -0.25) is 10.1 Å². The highest BCUT2D eigenvalue weighted by Gasteiger charge is 2.08. The molecule has 0 radical (unpaired) electrons. The van der Waals surface area contributed by atoms with Gasteiger partial charge in [-0.25, -0.2) is 4.98 Å². The Labute approximate surface area is 102 Å². The molecule has 1 aromatic carbocycles. The van der Waals surface area contributed by atoms with Crippen LogP contribution in [0, 0.1) is 17.0 Å². The van der Waals surface area contributed by atoms with Crippen molar-refractivity contribution in [3.05, 3.63) is 46.3 Å². The van der Waals surface area contributed by atoms with Crippen molar-refractivity contribution in [2.45, 2.75) is 6.92 Å². The monoisotopic (exact) mass is 246 g/mol. The molecule has 1 aromatic heterocycles. The normalized spacial score (nSPS) is 10.1. The second-order valence-corrected chi connectivity index (χ2v) is 3.53. The van der Waals surface area contributed by atoms with E-state index < -0.39 is 4.92 Å². The minimum absolute atomic E-state index is 0.0498. The number of ether oxygens (including phenoxy) is 1. The van der Waals surface area contributed by atoms with Gasteiger partial charge in [0.25, 0.3) is 5.69 Å². The van der Waals surface area contributed by atoms with Gasteiger partial charge < -0.3 is 10.5 Å². The molecular formula is C11H10N4O3. The first kappa shape index (κ1) is 11.8. The number of non-ortho nitro benzene ring substituents is 1. The van der Waals surface area contributed by atoms with Crippen molar-refractivity contribution >= 4 is 11.5 Å². The SMILES string of the molecule is Cc1nc(N)cc(Oc2cccc([N+](=O)[O-])c2)n1. The van der Waals surface area contributed by atoms with Crippen molar-refractivity contribution in [3.8, 4) is 11.6 Å². The van der Waals surface area contributed by atoms with Crippen molar-refractivity contribution < 1.29 is 9.66 Å². The molecule has 1 heterocycles. The van der Waals surface area contributed by atoms with Crippen LogP contribution in [-0.2, 0) is 0 Å². The van der Waals surface area contributed by atoms with Crippen LogP contribution >= 0.6 is 0 Å². The van der Waals surface area contributed by atoms with Gasteiger partial charge in [0.15, 0.2) is 0 Å². The number of aromatic nitrogens is 2. The molecule has 18 heavy (non-hydrogen) atoms. The highest BCUT2D eigenvalue weighted by Crippen LogP contribution is 2.24. The molecule has 0 atom stereocenters. The molecule has 92 valence electrons. The summed E-state index contributed by atoms with van der Waals surface area (Å²) in [6.45, 7) is 1.68. The van der Waals surface area contributed by atoms with E-state index in [2.05, 4.69) is 9.97 Å². The second-order valence-electron chi connectivity index (χ2n) is 3.53. The van der Waals surface area contributed by atoms with Gasteiger partial charge in [0.1, 0.15) is 17.4 Å². The fraction of sp³-hybridized carbons (Fsp3) is 0.0909. The van der Waals surface area contributed by atoms with E-state index in [1.807, 2.05) is 0 Å². The van der Waals surface area contributed by atoms with Crippen LogP contribution in [0.4, 0.5) is 11.5 Å². The van der Waals surface area contributed by atoms with Gasteiger partial charge in [-0.05, 0) is 13.0 Å². The fourth-order valence-electron chi connectivity index (χ4n) is 1.40. The van der Waals surface area contributed by atoms with Crippen LogP contribution in [0.5, 0.6) is 11.6 Å². The van der Waals surface area contributed by atoms with Crippen molar-refractivity contribution in [3.63, 3.8) is 0 Å². The zero-order chi connectivity index (χ0) is 13.1. The molecule has 0 bridgehead atoms. The minimum atomic E-state index is -0.494. The molecule has 7 nitrogen and oxygen atoms in total. The first-order valence-electron chi connectivity index (χ1n) is 5.08. The van der Waals surface area contributed by atoms with E-state index in [1.54, 1.807) is 13.0 Å². The van der Waals surface area contributed by atoms with Crippen LogP contribution in [0.25, 0.3) is 0 Å². The lowest BCUT2D eigenvalue weighted by Gasteiger charge is -2.05. The molecule has 2 N–H and O–H groups in total. The Hall–Kier alpha value is -2.70. The zero-order valence-corrected chi connectivity index (χ0v) is 9.53. The molecule has 0 amide bonds. The number of nitrogen functional groups attached to an aromatic ring is 1. The number of anilines is 1. The summed E-state index contributed by atoms with van der Waals surface area (Å²) in [7, 11) is 0. The van der Waals surface area contributed by atoms with Gasteiger partial charge in [0.2, 0.25) is 5.88 Å². The van der Waals surface area contributed by atoms with Gasteiger partial charge >= 0.3 is 0 Å². The smallest absolute Gasteiger partial charge is 0.273 e. The Morgan fingerprint density at radius 1 is 1.33 bits per heavy atom. The van der Waals surface area contributed by atoms with E-state index in [0.29, 0.717) is 11.6 Å². The third-order valence-corrected chi connectivity index (χ3v) is 2.09. The van der Waals surface area contributed by atoms with Crippen LogP contribution in [0.3, 0.4) is 0 Å². The van der Waals surface area contributed by atoms with Crippen molar-refractivity contribution in [1.29, 1.82) is 0 Å². The lowest BCUT2D eigenvalue weighted by atomic mass is 10.3. The molecule has 2 rings (SSSR count). The summed E-state index contributed by atoms with van der Waals surface area (Å²) in [5, 5.41) is 10.6. The van der Waals surface area contributed by atoms with Crippen LogP contribution in [0.1, 0.15) is 5.82 Å². The summed E-state index contributed by atoms with van der Waals surface area (Å²) in [6, 6.07) is 7.28. The van der Waals surface area contributed by atoms with E-state index in [4.69, 9.17) is 10.5 Å². The molecule has 2 aromatic rings. The van der Waals surface area contributed by atoms with Crippen molar-refractivity contribution in [1.82, 2.24) is 9.97 Å². The van der Waals surface area contributed by atoms with Crippen LogP contribution < -0.4 is 10.5 Å². The number of rotatable bonds is 3. The molecule has 0 saturated heterocycles. The van der Waals surface area contributed by atoms with Crippen LogP contribution in [0.15, 0.2) is 30.3 Å². The third-order valence-electron chi connectivity index (χ3n) is 2.09. The van der Waals surface area contributed by atoms with Crippen molar-refractivity contribution in [2.75, 3.05) is 5.73 Å². The number of nitro benzene ring substituents is 1. The molecule has 7 heteroatoms. The largest absolute Gasteiger partial charge is 0.439 e. The van der Waals surface area contributed by atoms with E-state index in [0.717, 1.165) is 0 Å². The predicted octanol–water partition coefficient (Wildman–Crippen LogP) is 2.07. The Balaban J connectivity index is 2.28. The summed E-state index contributed by atoms with van der Waals surface area (Å²) in [6.07, 6.45) is 0. The quantitative estimate of drug-likeness (QED) is 0.656. The lowest BCUT2D eigenvalue weighted by Crippen LogP contribution is -1.98. The van der Waals surface area contributed by atoms with E-state index >= 15 is 0 Å². The van der Waals surface area contributed by atoms with Crippen LogP contribution in [0.2, 0.25) is 0 Å². The highest BCUT2D eigenvalue weighted by atomic mass is 16.6. The summed E-state index contributed by atoms with van der Waals surface area (Å²) >= 11 is 0. The molecular weight excluding hydrogens is 236 g/mol. The maximum atomic E-state index is 10.6. The number of nitrogens with zero attached hydrogens (tertiary/aromatic N) is 3. The Kier molecular flexibility index (Phi) is 3.05. The van der Waals surface area contributed by atoms with Gasteiger partial charge in [0.05, 0.1) is 11.0 Å². The van der Waals surface area contributed by atoms with Gasteiger partial charge in [-0.1, -0.05) is 6.07 Å². The van der Waals surface area contributed by atoms with Crippen molar-refractivity contribution in [2.24, 2.45) is 0 Å². The zero-order valence-electron chi connectivity index (χ0n) is 9.53. The summed E-state index contributed by atoms with van der Waals surface area (Å²) in [4.78, 5) is 18.0. The number of nitro groups is 1. The average molecular weight is 246 g/mol. The molecule has 0 aliphatic carbocycles. The second kappa shape index (κ2) is 4.66. The lowest BCUT2D eigenvalue weighted by molar-refractivity contribution is -0.384. The number of hydrogen-bond donors (Lipinski definition) is 1.